The Labute approximate surface area is 103 Å². The monoisotopic (exact) mass is 244 g/mol. The number of hydrogen-bond donors (Lipinski definition) is 1. The van der Waals surface area contributed by atoms with Crippen molar-refractivity contribution in [3.05, 3.63) is 0 Å². The van der Waals surface area contributed by atoms with Gasteiger partial charge in [-0.15, -0.1) is 0 Å². The second-order valence-electron chi connectivity index (χ2n) is 5.59. The van der Waals surface area contributed by atoms with Gasteiger partial charge in [0, 0.05) is 19.1 Å². The summed E-state index contributed by atoms with van der Waals surface area (Å²) in [6, 6.07) is -0.0172. The number of esters is 1. The summed E-state index contributed by atoms with van der Waals surface area (Å²) in [6.07, 6.45) is 0.00573. The maximum absolute atomic E-state index is 11.7. The first-order valence-electron chi connectivity index (χ1n) is 6.09. The zero-order chi connectivity index (χ0) is 13.1. The van der Waals surface area contributed by atoms with E-state index in [1.54, 1.807) is 0 Å². The lowest BCUT2D eigenvalue weighted by molar-refractivity contribution is -0.158. The van der Waals surface area contributed by atoms with E-state index >= 15 is 0 Å². The van der Waals surface area contributed by atoms with Crippen molar-refractivity contribution in [2.75, 3.05) is 26.2 Å². The smallest absolute Gasteiger partial charge is 0.320 e. The minimum absolute atomic E-state index is 0.00573. The topological polar surface area (TPSA) is 64.8 Å². The largest absolute Gasteiger partial charge is 0.459 e. The van der Waals surface area contributed by atoms with Crippen LogP contribution in [0.3, 0.4) is 0 Å². The quantitative estimate of drug-likeness (QED) is 0.727. The number of morpholine rings is 1. The third-order valence-electron chi connectivity index (χ3n) is 2.54. The van der Waals surface area contributed by atoms with Crippen molar-refractivity contribution in [2.45, 2.75) is 45.4 Å². The van der Waals surface area contributed by atoms with Gasteiger partial charge in [0.1, 0.15) is 5.60 Å². The van der Waals surface area contributed by atoms with E-state index in [9.17, 15) is 4.79 Å². The molecule has 0 aromatic rings. The Hall–Kier alpha value is -0.650. The highest BCUT2D eigenvalue weighted by atomic mass is 16.6. The summed E-state index contributed by atoms with van der Waals surface area (Å²) >= 11 is 0. The predicted molar refractivity (Wildman–Crippen MR) is 65.7 cm³/mol. The Balaban J connectivity index is 2.38. The predicted octanol–water partition coefficient (Wildman–Crippen LogP) is 0.376. The molecular weight excluding hydrogens is 220 g/mol. The molecule has 1 aliphatic heterocycles. The first-order valence-corrected chi connectivity index (χ1v) is 6.09. The number of nitrogens with zero attached hydrogens (tertiary/aromatic N) is 1. The van der Waals surface area contributed by atoms with E-state index in [2.05, 4.69) is 0 Å². The summed E-state index contributed by atoms with van der Waals surface area (Å²) in [5, 5.41) is 0. The molecule has 0 bridgehead atoms. The van der Waals surface area contributed by atoms with E-state index in [0.717, 1.165) is 6.54 Å². The molecule has 0 aromatic heterocycles. The summed E-state index contributed by atoms with van der Waals surface area (Å²) in [7, 11) is 0. The standard InChI is InChI=1S/C12H24N2O3/c1-9(13)10-7-14(5-6-16-10)8-11(15)17-12(2,3)4/h9-10H,5-8,13H2,1-4H3. The Kier molecular flexibility index (Phi) is 4.91. The van der Waals surface area contributed by atoms with E-state index in [0.29, 0.717) is 19.7 Å². The fraction of sp³-hybridized carbons (Fsp3) is 0.917. The molecule has 1 fully saturated rings. The maximum Gasteiger partial charge on any atom is 0.320 e. The Morgan fingerprint density at radius 3 is 2.76 bits per heavy atom. The minimum atomic E-state index is -0.427. The van der Waals surface area contributed by atoms with Gasteiger partial charge in [-0.3, -0.25) is 9.69 Å². The number of ether oxygens (including phenoxy) is 2. The van der Waals surface area contributed by atoms with Crippen LogP contribution in [0.5, 0.6) is 0 Å². The average molecular weight is 244 g/mol. The number of hydrogen-bond acceptors (Lipinski definition) is 5. The zero-order valence-corrected chi connectivity index (χ0v) is 11.2. The van der Waals surface area contributed by atoms with Crippen LogP contribution in [-0.4, -0.2) is 54.9 Å². The molecule has 2 unspecified atom stereocenters. The molecule has 5 heteroatoms. The molecule has 0 radical (unpaired) electrons. The van der Waals surface area contributed by atoms with Crippen LogP contribution in [0.25, 0.3) is 0 Å². The molecule has 0 spiro atoms. The van der Waals surface area contributed by atoms with E-state index in [4.69, 9.17) is 15.2 Å². The SMILES string of the molecule is CC(N)C1CN(CC(=O)OC(C)(C)C)CCO1. The molecular formula is C12H24N2O3. The van der Waals surface area contributed by atoms with Crippen molar-refractivity contribution in [3.8, 4) is 0 Å². The highest BCUT2D eigenvalue weighted by Gasteiger charge is 2.26. The van der Waals surface area contributed by atoms with Gasteiger partial charge in [-0.25, -0.2) is 0 Å². The highest BCUT2D eigenvalue weighted by Crippen LogP contribution is 2.10. The number of rotatable bonds is 3. The van der Waals surface area contributed by atoms with Crippen LogP contribution in [0, 0.1) is 0 Å². The van der Waals surface area contributed by atoms with Crippen molar-refractivity contribution < 1.29 is 14.3 Å². The molecule has 17 heavy (non-hydrogen) atoms. The average Bonchev–Trinajstić information content (AvgIpc) is 2.14. The molecule has 100 valence electrons. The van der Waals surface area contributed by atoms with Gasteiger partial charge in [0.05, 0.1) is 19.3 Å². The Bertz CT molecular complexity index is 261. The number of carbonyl (C=O) groups excluding carboxylic acids is 1. The molecule has 1 aliphatic rings. The van der Waals surface area contributed by atoms with Gasteiger partial charge in [0.25, 0.3) is 0 Å². The third kappa shape index (κ3) is 5.48. The second kappa shape index (κ2) is 5.80. The summed E-state index contributed by atoms with van der Waals surface area (Å²) in [6.45, 7) is 9.90. The van der Waals surface area contributed by atoms with Crippen LogP contribution in [-0.2, 0) is 14.3 Å². The Morgan fingerprint density at radius 2 is 2.24 bits per heavy atom. The fourth-order valence-electron chi connectivity index (χ4n) is 1.75. The first-order chi connectivity index (χ1) is 7.78. The lowest BCUT2D eigenvalue weighted by atomic mass is 10.1. The second-order valence-corrected chi connectivity index (χ2v) is 5.59. The van der Waals surface area contributed by atoms with Gasteiger partial charge in [-0.05, 0) is 27.7 Å². The number of carbonyl (C=O) groups is 1. The summed E-state index contributed by atoms with van der Waals surface area (Å²) in [5.41, 5.74) is 5.37. The maximum atomic E-state index is 11.7. The van der Waals surface area contributed by atoms with Crippen LogP contribution >= 0.6 is 0 Å². The minimum Gasteiger partial charge on any atom is -0.459 e. The van der Waals surface area contributed by atoms with Gasteiger partial charge in [-0.1, -0.05) is 0 Å². The van der Waals surface area contributed by atoms with Crippen molar-refractivity contribution in [1.29, 1.82) is 0 Å². The van der Waals surface area contributed by atoms with Crippen LogP contribution in [0.1, 0.15) is 27.7 Å². The van der Waals surface area contributed by atoms with Gasteiger partial charge >= 0.3 is 5.97 Å². The van der Waals surface area contributed by atoms with Gasteiger partial charge < -0.3 is 15.2 Å². The van der Waals surface area contributed by atoms with Crippen molar-refractivity contribution in [3.63, 3.8) is 0 Å². The number of nitrogens with two attached hydrogens (primary N) is 1. The molecule has 1 saturated heterocycles. The van der Waals surface area contributed by atoms with E-state index in [1.807, 2.05) is 32.6 Å². The molecule has 0 aliphatic carbocycles. The zero-order valence-electron chi connectivity index (χ0n) is 11.2. The molecule has 0 saturated carbocycles. The van der Waals surface area contributed by atoms with Gasteiger partial charge in [0.15, 0.2) is 0 Å². The summed E-state index contributed by atoms with van der Waals surface area (Å²) < 4.78 is 10.8. The van der Waals surface area contributed by atoms with Crippen LogP contribution in [0.15, 0.2) is 0 Å². The van der Waals surface area contributed by atoms with Crippen LogP contribution in [0.2, 0.25) is 0 Å². The molecule has 1 heterocycles. The molecule has 0 aromatic carbocycles. The van der Waals surface area contributed by atoms with Gasteiger partial charge in [0.2, 0.25) is 0 Å². The summed E-state index contributed by atoms with van der Waals surface area (Å²) in [4.78, 5) is 13.7. The van der Waals surface area contributed by atoms with E-state index in [-0.39, 0.29) is 18.1 Å². The van der Waals surface area contributed by atoms with Crippen LogP contribution in [0.4, 0.5) is 0 Å². The molecule has 0 amide bonds. The van der Waals surface area contributed by atoms with Gasteiger partial charge in [-0.2, -0.15) is 0 Å². The lowest BCUT2D eigenvalue weighted by Crippen LogP contribution is -2.51. The third-order valence-corrected chi connectivity index (χ3v) is 2.54. The van der Waals surface area contributed by atoms with Crippen molar-refractivity contribution in [2.24, 2.45) is 5.73 Å². The van der Waals surface area contributed by atoms with E-state index < -0.39 is 5.60 Å². The molecule has 2 atom stereocenters. The molecule has 5 nitrogen and oxygen atoms in total. The van der Waals surface area contributed by atoms with Crippen molar-refractivity contribution >= 4 is 5.97 Å². The summed E-state index contributed by atoms with van der Waals surface area (Å²) in [5.74, 6) is -0.192. The van der Waals surface area contributed by atoms with E-state index in [1.165, 1.54) is 0 Å². The lowest BCUT2D eigenvalue weighted by Gasteiger charge is -2.34. The highest BCUT2D eigenvalue weighted by molar-refractivity contribution is 5.72. The first kappa shape index (κ1) is 14.4. The molecule has 1 rings (SSSR count). The fourth-order valence-corrected chi connectivity index (χ4v) is 1.75. The van der Waals surface area contributed by atoms with Crippen LogP contribution < -0.4 is 5.73 Å². The normalized spacial score (nSPS) is 24.4. The molecule has 2 N–H and O–H groups in total. The Morgan fingerprint density at radius 1 is 1.59 bits per heavy atom. The van der Waals surface area contributed by atoms with Crippen molar-refractivity contribution in [1.82, 2.24) is 4.90 Å².